The third kappa shape index (κ3) is 2.22. The quantitative estimate of drug-likeness (QED) is 0.782. The van der Waals surface area contributed by atoms with E-state index < -0.39 is 5.82 Å². The van der Waals surface area contributed by atoms with Gasteiger partial charge < -0.3 is 14.3 Å². The highest BCUT2D eigenvalue weighted by atomic mass is 35.5. The van der Waals surface area contributed by atoms with E-state index in [2.05, 4.69) is 0 Å². The molecule has 1 atom stereocenters. The van der Waals surface area contributed by atoms with Crippen LogP contribution >= 0.6 is 11.6 Å². The Morgan fingerprint density at radius 2 is 2.24 bits per heavy atom. The molecule has 0 spiro atoms. The van der Waals surface area contributed by atoms with E-state index in [0.717, 1.165) is 6.29 Å². The van der Waals surface area contributed by atoms with Gasteiger partial charge in [-0.3, -0.25) is 0 Å². The highest BCUT2D eigenvalue weighted by Crippen LogP contribution is 2.43. The number of aldehydes is 1. The lowest BCUT2D eigenvalue weighted by atomic mass is 9.96. The van der Waals surface area contributed by atoms with Gasteiger partial charge in [0.15, 0.2) is 11.5 Å². The van der Waals surface area contributed by atoms with Crippen molar-refractivity contribution in [1.82, 2.24) is 0 Å². The standard InChI is InChI=1S/C12H12ClFO3/c1-7(2-3-15)10-11(14)8(13)6-9-12(10)17-5-4-16-9/h3,6-7H,2,4-5H2,1H3. The maximum atomic E-state index is 14.0. The predicted octanol–water partition coefficient (Wildman–Crippen LogP) is 2.94. The molecule has 0 saturated heterocycles. The number of hydrogen-bond acceptors (Lipinski definition) is 3. The molecular formula is C12H12ClFO3. The normalized spacial score (nSPS) is 15.5. The molecule has 3 nitrogen and oxygen atoms in total. The Morgan fingerprint density at radius 3 is 2.94 bits per heavy atom. The number of fused-ring (bicyclic) bond motifs is 1. The fourth-order valence-electron chi connectivity index (χ4n) is 1.86. The molecule has 0 radical (unpaired) electrons. The maximum Gasteiger partial charge on any atom is 0.167 e. The Morgan fingerprint density at radius 1 is 1.53 bits per heavy atom. The van der Waals surface area contributed by atoms with Gasteiger partial charge >= 0.3 is 0 Å². The summed E-state index contributed by atoms with van der Waals surface area (Å²) in [6.07, 6.45) is 0.966. The lowest BCUT2D eigenvalue weighted by Crippen LogP contribution is -2.18. The second-order valence-electron chi connectivity index (χ2n) is 3.91. The number of ether oxygens (including phenoxy) is 2. The molecule has 1 unspecified atom stereocenters. The van der Waals surface area contributed by atoms with E-state index in [9.17, 15) is 9.18 Å². The van der Waals surface area contributed by atoms with Crippen LogP contribution in [0.5, 0.6) is 11.5 Å². The maximum absolute atomic E-state index is 14.0. The Bertz CT molecular complexity index is 448. The van der Waals surface area contributed by atoms with Crippen LogP contribution in [0.25, 0.3) is 0 Å². The van der Waals surface area contributed by atoms with Crippen molar-refractivity contribution in [3.05, 3.63) is 22.5 Å². The molecule has 0 aliphatic carbocycles. The van der Waals surface area contributed by atoms with Crippen molar-refractivity contribution in [2.45, 2.75) is 19.3 Å². The number of carbonyl (C=O) groups is 1. The van der Waals surface area contributed by atoms with Crippen LogP contribution in [0.1, 0.15) is 24.8 Å². The van der Waals surface area contributed by atoms with Gasteiger partial charge in [0, 0.05) is 18.1 Å². The molecule has 2 rings (SSSR count). The average Bonchev–Trinajstić information content (AvgIpc) is 2.31. The van der Waals surface area contributed by atoms with Crippen LogP contribution in [0.15, 0.2) is 6.07 Å². The summed E-state index contributed by atoms with van der Waals surface area (Å²) in [7, 11) is 0. The van der Waals surface area contributed by atoms with Gasteiger partial charge in [-0.25, -0.2) is 4.39 Å². The fraction of sp³-hybridized carbons (Fsp3) is 0.417. The van der Waals surface area contributed by atoms with Crippen molar-refractivity contribution in [2.75, 3.05) is 13.2 Å². The van der Waals surface area contributed by atoms with Crippen molar-refractivity contribution >= 4 is 17.9 Å². The van der Waals surface area contributed by atoms with E-state index in [1.54, 1.807) is 6.92 Å². The monoisotopic (exact) mass is 258 g/mol. The van der Waals surface area contributed by atoms with Gasteiger partial charge in [-0.05, 0) is 5.92 Å². The first-order valence-electron chi connectivity index (χ1n) is 5.36. The highest BCUT2D eigenvalue weighted by molar-refractivity contribution is 6.31. The van der Waals surface area contributed by atoms with E-state index in [1.165, 1.54) is 6.07 Å². The molecule has 0 aromatic heterocycles. The summed E-state index contributed by atoms with van der Waals surface area (Å²) in [6, 6.07) is 1.41. The van der Waals surface area contributed by atoms with Crippen LogP contribution in [0.4, 0.5) is 4.39 Å². The minimum atomic E-state index is -0.537. The van der Waals surface area contributed by atoms with Gasteiger partial charge in [-0.15, -0.1) is 0 Å². The van der Waals surface area contributed by atoms with Crippen LogP contribution in [-0.4, -0.2) is 19.5 Å². The molecule has 5 heteroatoms. The van der Waals surface area contributed by atoms with Gasteiger partial charge in [0.2, 0.25) is 0 Å². The fourth-order valence-corrected chi connectivity index (χ4v) is 2.06. The van der Waals surface area contributed by atoms with Crippen LogP contribution in [0.2, 0.25) is 5.02 Å². The first-order chi connectivity index (χ1) is 8.15. The van der Waals surface area contributed by atoms with E-state index in [-0.39, 0.29) is 17.4 Å². The largest absolute Gasteiger partial charge is 0.486 e. The number of hydrogen-bond donors (Lipinski definition) is 0. The minimum Gasteiger partial charge on any atom is -0.486 e. The Hall–Kier alpha value is -1.29. The summed E-state index contributed by atoms with van der Waals surface area (Å²) < 4.78 is 24.8. The number of rotatable bonds is 3. The Kier molecular flexibility index (Phi) is 3.52. The molecule has 0 fully saturated rings. The van der Waals surface area contributed by atoms with Crippen LogP contribution < -0.4 is 9.47 Å². The molecular weight excluding hydrogens is 247 g/mol. The first kappa shape index (κ1) is 12.2. The topological polar surface area (TPSA) is 35.5 Å². The average molecular weight is 259 g/mol. The van der Waals surface area contributed by atoms with Gasteiger partial charge in [-0.2, -0.15) is 0 Å². The zero-order valence-electron chi connectivity index (χ0n) is 9.33. The van der Waals surface area contributed by atoms with Crippen molar-refractivity contribution < 1.29 is 18.7 Å². The van der Waals surface area contributed by atoms with Gasteiger partial charge in [-0.1, -0.05) is 18.5 Å². The first-order valence-corrected chi connectivity index (χ1v) is 5.74. The zero-order chi connectivity index (χ0) is 12.4. The van der Waals surface area contributed by atoms with E-state index in [0.29, 0.717) is 30.3 Å². The van der Waals surface area contributed by atoms with E-state index in [1.807, 2.05) is 0 Å². The molecule has 0 saturated carbocycles. The SMILES string of the molecule is CC(CC=O)c1c(F)c(Cl)cc2c1OCCO2. The molecule has 1 aromatic carbocycles. The summed E-state index contributed by atoms with van der Waals surface area (Å²) in [5.41, 5.74) is 0.319. The van der Waals surface area contributed by atoms with Gasteiger partial charge in [0.25, 0.3) is 0 Å². The lowest BCUT2D eigenvalue weighted by molar-refractivity contribution is -0.108. The van der Waals surface area contributed by atoms with Crippen molar-refractivity contribution in [2.24, 2.45) is 0 Å². The summed E-state index contributed by atoms with van der Waals surface area (Å²) in [4.78, 5) is 10.5. The van der Waals surface area contributed by atoms with Crippen molar-refractivity contribution in [3.8, 4) is 11.5 Å². The lowest BCUT2D eigenvalue weighted by Gasteiger charge is -2.24. The van der Waals surface area contributed by atoms with Crippen LogP contribution in [0, 0.1) is 5.82 Å². The smallest absolute Gasteiger partial charge is 0.167 e. The summed E-state index contributed by atoms with van der Waals surface area (Å²) in [6.45, 7) is 2.53. The molecule has 1 aromatic rings. The van der Waals surface area contributed by atoms with Crippen LogP contribution in [-0.2, 0) is 4.79 Å². The van der Waals surface area contributed by atoms with Crippen LogP contribution in [0.3, 0.4) is 0 Å². The highest BCUT2D eigenvalue weighted by Gasteiger charge is 2.25. The third-order valence-corrected chi connectivity index (χ3v) is 2.98. The molecule has 0 amide bonds. The molecule has 1 aliphatic rings. The summed E-state index contributed by atoms with van der Waals surface area (Å²) in [5, 5.41) is -0.0120. The Labute approximate surface area is 103 Å². The van der Waals surface area contributed by atoms with Crippen molar-refractivity contribution in [3.63, 3.8) is 0 Å². The van der Waals surface area contributed by atoms with Crippen molar-refractivity contribution in [1.29, 1.82) is 0 Å². The molecule has 92 valence electrons. The number of halogens is 2. The number of benzene rings is 1. The minimum absolute atomic E-state index is 0.0120. The molecule has 1 aliphatic heterocycles. The summed E-state index contributed by atoms with van der Waals surface area (Å²) >= 11 is 5.80. The second kappa shape index (κ2) is 4.92. The molecule has 17 heavy (non-hydrogen) atoms. The zero-order valence-corrected chi connectivity index (χ0v) is 10.1. The summed E-state index contributed by atoms with van der Waals surface area (Å²) in [5.74, 6) is -0.0187. The molecule has 1 heterocycles. The number of carbonyl (C=O) groups excluding carboxylic acids is 1. The predicted molar refractivity (Wildman–Crippen MR) is 61.5 cm³/mol. The third-order valence-electron chi connectivity index (χ3n) is 2.70. The molecule has 0 N–H and O–H groups in total. The van der Waals surface area contributed by atoms with Gasteiger partial charge in [0.1, 0.15) is 25.3 Å². The van der Waals surface area contributed by atoms with E-state index in [4.69, 9.17) is 21.1 Å². The second-order valence-corrected chi connectivity index (χ2v) is 4.32. The van der Waals surface area contributed by atoms with E-state index >= 15 is 0 Å². The van der Waals surface area contributed by atoms with Gasteiger partial charge in [0.05, 0.1) is 5.02 Å². The Balaban J connectivity index is 2.54. The molecule has 0 bridgehead atoms.